The summed E-state index contributed by atoms with van der Waals surface area (Å²) in [5.41, 5.74) is 5.62. The average Bonchev–Trinajstić information content (AvgIpc) is 2.58. The van der Waals surface area contributed by atoms with Gasteiger partial charge in [0.1, 0.15) is 0 Å². The molecule has 0 atom stereocenters. The van der Waals surface area contributed by atoms with E-state index in [0.717, 1.165) is 22.6 Å². The van der Waals surface area contributed by atoms with Gasteiger partial charge in [0.05, 0.1) is 11.4 Å². The zero-order valence-electron chi connectivity index (χ0n) is 9.79. The third-order valence-electron chi connectivity index (χ3n) is 2.67. The van der Waals surface area contributed by atoms with E-state index in [2.05, 4.69) is 43.2 Å². The Morgan fingerprint density at radius 1 is 1.19 bits per heavy atom. The van der Waals surface area contributed by atoms with Crippen molar-refractivity contribution in [1.29, 1.82) is 0 Å². The Hall–Kier alpha value is -1.28. The van der Waals surface area contributed by atoms with Crippen LogP contribution in [0.2, 0.25) is 0 Å². The Morgan fingerprint density at radius 2 is 1.94 bits per heavy atom. The fraction of sp³-hybridized carbons (Fsp3) is 0.308. The monoisotopic (exact) mass is 234 g/mol. The van der Waals surface area contributed by atoms with Gasteiger partial charge in [0.15, 0.2) is 0 Å². The Bertz CT molecular complexity index is 515. The van der Waals surface area contributed by atoms with Crippen molar-refractivity contribution in [3.05, 3.63) is 46.8 Å². The summed E-state index contributed by atoms with van der Waals surface area (Å²) in [6.07, 6.45) is 0. The van der Waals surface area contributed by atoms with Crippen LogP contribution in [0.4, 0.5) is 0 Å². The molecule has 2 rings (SSSR count). The molecule has 0 spiro atoms. The van der Waals surface area contributed by atoms with Gasteiger partial charge in [-0.3, -0.25) is 0 Å². The summed E-state index contributed by atoms with van der Waals surface area (Å²) in [5, 5.41) is 4.49. The third kappa shape index (κ3) is 1.98. The van der Waals surface area contributed by atoms with Crippen LogP contribution < -0.4 is 0 Å². The molecule has 0 aliphatic rings. The lowest BCUT2D eigenvalue weighted by Gasteiger charge is -2.09. The molecule has 1 aromatic carbocycles. The number of halogens is 1. The van der Waals surface area contributed by atoms with Gasteiger partial charge >= 0.3 is 0 Å². The van der Waals surface area contributed by atoms with E-state index >= 15 is 0 Å². The van der Waals surface area contributed by atoms with Gasteiger partial charge in [0.25, 0.3) is 0 Å². The first-order valence-corrected chi connectivity index (χ1v) is 5.84. The molecule has 0 unspecified atom stereocenters. The van der Waals surface area contributed by atoms with E-state index in [1.54, 1.807) is 0 Å². The molecular weight excluding hydrogens is 220 g/mol. The molecule has 1 heterocycles. The lowest BCUT2D eigenvalue weighted by molar-refractivity contribution is 0.826. The molecule has 0 bridgehead atoms. The van der Waals surface area contributed by atoms with E-state index in [4.69, 9.17) is 11.6 Å². The Kier molecular flexibility index (Phi) is 3.01. The highest BCUT2D eigenvalue weighted by Gasteiger charge is 2.07. The minimum Gasteiger partial charge on any atom is -0.238 e. The van der Waals surface area contributed by atoms with Crippen molar-refractivity contribution < 1.29 is 0 Å². The maximum Gasteiger partial charge on any atom is 0.0681 e. The van der Waals surface area contributed by atoms with E-state index in [1.807, 2.05) is 11.6 Å². The maximum atomic E-state index is 5.85. The van der Waals surface area contributed by atoms with Crippen LogP contribution in [0.25, 0.3) is 5.69 Å². The van der Waals surface area contributed by atoms with Gasteiger partial charge in [-0.15, -0.1) is 11.6 Å². The van der Waals surface area contributed by atoms with Gasteiger partial charge in [-0.25, -0.2) is 4.68 Å². The largest absolute Gasteiger partial charge is 0.238 e. The van der Waals surface area contributed by atoms with E-state index in [-0.39, 0.29) is 0 Å². The quantitative estimate of drug-likeness (QED) is 0.727. The molecule has 0 aliphatic heterocycles. The summed E-state index contributed by atoms with van der Waals surface area (Å²) in [4.78, 5) is 0. The Morgan fingerprint density at radius 3 is 2.50 bits per heavy atom. The second-order valence-electron chi connectivity index (χ2n) is 4.09. The van der Waals surface area contributed by atoms with Crippen LogP contribution in [0, 0.1) is 20.8 Å². The molecule has 2 aromatic rings. The smallest absolute Gasteiger partial charge is 0.0681 e. The molecule has 0 fully saturated rings. The molecule has 0 saturated heterocycles. The molecule has 0 radical (unpaired) electrons. The molecule has 0 amide bonds. The second kappa shape index (κ2) is 4.30. The first kappa shape index (κ1) is 11.2. The number of alkyl halides is 1. The van der Waals surface area contributed by atoms with Crippen molar-refractivity contribution in [3.8, 4) is 5.69 Å². The van der Waals surface area contributed by atoms with Crippen LogP contribution in [0.3, 0.4) is 0 Å². The maximum absolute atomic E-state index is 5.85. The lowest BCUT2D eigenvalue weighted by atomic mass is 10.1. The normalized spacial score (nSPS) is 10.8. The molecule has 84 valence electrons. The summed E-state index contributed by atoms with van der Waals surface area (Å²) in [7, 11) is 0. The number of aromatic nitrogens is 2. The summed E-state index contributed by atoms with van der Waals surface area (Å²) in [6.45, 7) is 6.15. The van der Waals surface area contributed by atoms with Crippen molar-refractivity contribution in [2.75, 3.05) is 0 Å². The molecule has 16 heavy (non-hydrogen) atoms. The van der Waals surface area contributed by atoms with Crippen LogP contribution in [0.1, 0.15) is 22.5 Å². The van der Waals surface area contributed by atoms with Crippen LogP contribution in [-0.4, -0.2) is 9.78 Å². The zero-order valence-corrected chi connectivity index (χ0v) is 10.5. The number of nitrogens with zero attached hydrogens (tertiary/aromatic N) is 2. The minimum atomic E-state index is 0.534. The lowest BCUT2D eigenvalue weighted by Crippen LogP contribution is -2.02. The van der Waals surface area contributed by atoms with E-state index < -0.39 is 0 Å². The van der Waals surface area contributed by atoms with Gasteiger partial charge in [-0.05, 0) is 44.0 Å². The predicted octanol–water partition coefficient (Wildman–Crippen LogP) is 3.54. The highest BCUT2D eigenvalue weighted by atomic mass is 35.5. The molecular formula is C13H15ClN2. The van der Waals surface area contributed by atoms with Crippen LogP contribution in [0.5, 0.6) is 0 Å². The molecule has 2 nitrogen and oxygen atoms in total. The summed E-state index contributed by atoms with van der Waals surface area (Å²) < 4.78 is 1.97. The number of aryl methyl sites for hydroxylation is 3. The second-order valence-corrected chi connectivity index (χ2v) is 4.36. The van der Waals surface area contributed by atoms with Crippen molar-refractivity contribution >= 4 is 11.6 Å². The summed E-state index contributed by atoms with van der Waals surface area (Å²) >= 11 is 5.85. The molecule has 0 saturated carbocycles. The molecule has 0 aliphatic carbocycles. The van der Waals surface area contributed by atoms with Crippen LogP contribution in [-0.2, 0) is 5.88 Å². The number of rotatable bonds is 2. The van der Waals surface area contributed by atoms with E-state index in [1.165, 1.54) is 5.56 Å². The van der Waals surface area contributed by atoms with Gasteiger partial charge in [-0.2, -0.15) is 5.10 Å². The van der Waals surface area contributed by atoms with Crippen molar-refractivity contribution in [3.63, 3.8) is 0 Å². The van der Waals surface area contributed by atoms with Gasteiger partial charge in [-0.1, -0.05) is 12.1 Å². The molecule has 3 heteroatoms. The minimum absolute atomic E-state index is 0.534. The third-order valence-corrected chi connectivity index (χ3v) is 2.97. The fourth-order valence-corrected chi connectivity index (χ4v) is 2.01. The van der Waals surface area contributed by atoms with Crippen molar-refractivity contribution in [1.82, 2.24) is 9.78 Å². The molecule has 0 N–H and O–H groups in total. The van der Waals surface area contributed by atoms with Gasteiger partial charge in [0, 0.05) is 11.6 Å². The highest BCUT2D eigenvalue weighted by molar-refractivity contribution is 6.17. The summed E-state index contributed by atoms with van der Waals surface area (Å²) in [5.74, 6) is 0.534. The SMILES string of the molecule is Cc1cc(C)n(-c2cc(CCl)ccc2C)n1. The first-order valence-electron chi connectivity index (χ1n) is 5.31. The van der Waals surface area contributed by atoms with Gasteiger partial charge in [0.2, 0.25) is 0 Å². The number of hydrogen-bond donors (Lipinski definition) is 0. The Balaban J connectivity index is 2.58. The fourth-order valence-electron chi connectivity index (χ4n) is 1.84. The van der Waals surface area contributed by atoms with Crippen molar-refractivity contribution in [2.24, 2.45) is 0 Å². The zero-order chi connectivity index (χ0) is 11.7. The average molecular weight is 235 g/mol. The number of hydrogen-bond acceptors (Lipinski definition) is 1. The topological polar surface area (TPSA) is 17.8 Å². The van der Waals surface area contributed by atoms with E-state index in [9.17, 15) is 0 Å². The summed E-state index contributed by atoms with van der Waals surface area (Å²) in [6, 6.07) is 8.32. The van der Waals surface area contributed by atoms with Crippen molar-refractivity contribution in [2.45, 2.75) is 26.7 Å². The Labute approximate surface area is 101 Å². The number of benzene rings is 1. The first-order chi connectivity index (χ1) is 7.61. The van der Waals surface area contributed by atoms with Crippen LogP contribution >= 0.6 is 11.6 Å². The predicted molar refractivity (Wildman–Crippen MR) is 67.3 cm³/mol. The van der Waals surface area contributed by atoms with E-state index in [0.29, 0.717) is 5.88 Å². The molecule has 1 aromatic heterocycles. The van der Waals surface area contributed by atoms with Gasteiger partial charge < -0.3 is 0 Å². The standard InChI is InChI=1S/C13H15ClN2/c1-9-4-5-12(8-14)7-13(9)16-11(3)6-10(2)15-16/h4-7H,8H2,1-3H3. The van der Waals surface area contributed by atoms with Crippen LogP contribution in [0.15, 0.2) is 24.3 Å². The highest BCUT2D eigenvalue weighted by Crippen LogP contribution is 2.19.